The molecule has 1 aromatic carbocycles. The Balaban J connectivity index is 1.68. The minimum Gasteiger partial charge on any atom is -0.380 e. The number of benzene rings is 1. The van der Waals surface area contributed by atoms with Crippen LogP contribution in [0.5, 0.6) is 0 Å². The Kier molecular flexibility index (Phi) is 4.21. The first-order chi connectivity index (χ1) is 11.0. The molecule has 0 aliphatic heterocycles. The lowest BCUT2D eigenvalue weighted by Gasteiger charge is -2.45. The number of fused-ring (bicyclic) bond motifs is 1. The molecule has 0 spiro atoms. The zero-order valence-electron chi connectivity index (χ0n) is 13.3. The maximum absolute atomic E-state index is 12.6. The third kappa shape index (κ3) is 2.95. The fourth-order valence-electron chi connectivity index (χ4n) is 3.61. The van der Waals surface area contributed by atoms with E-state index < -0.39 is 40.6 Å². The van der Waals surface area contributed by atoms with Crippen molar-refractivity contribution in [1.82, 2.24) is 4.31 Å². The van der Waals surface area contributed by atoms with E-state index in [0.29, 0.717) is 0 Å². The number of hydrogen-bond donors (Lipinski definition) is 1. The predicted molar refractivity (Wildman–Crippen MR) is 82.0 cm³/mol. The van der Waals surface area contributed by atoms with E-state index in [0.717, 1.165) is 34.7 Å². The molecule has 1 saturated carbocycles. The van der Waals surface area contributed by atoms with Crippen LogP contribution in [0.3, 0.4) is 0 Å². The molecule has 0 bridgehead atoms. The minimum absolute atomic E-state index is 0.0300. The zero-order chi connectivity index (χ0) is 17.8. The van der Waals surface area contributed by atoms with Crippen LogP contribution in [0.2, 0.25) is 0 Å². The number of halogens is 3. The second-order valence-corrected chi connectivity index (χ2v) is 8.92. The summed E-state index contributed by atoms with van der Waals surface area (Å²) in [5.74, 6) is -0.495. The van der Waals surface area contributed by atoms with E-state index in [9.17, 15) is 26.7 Å². The smallest absolute Gasteiger partial charge is 0.380 e. The lowest BCUT2D eigenvalue weighted by molar-refractivity contribution is -0.299. The second-order valence-electron chi connectivity index (χ2n) is 6.87. The highest BCUT2D eigenvalue weighted by Gasteiger charge is 2.61. The zero-order valence-corrected chi connectivity index (χ0v) is 14.1. The molecular formula is C16H20F3NO3S. The van der Waals surface area contributed by atoms with Crippen LogP contribution >= 0.6 is 0 Å². The number of sulfonamides is 1. The van der Waals surface area contributed by atoms with E-state index >= 15 is 0 Å². The largest absolute Gasteiger partial charge is 0.417 e. The summed E-state index contributed by atoms with van der Waals surface area (Å²) in [7, 11) is -2.37. The van der Waals surface area contributed by atoms with Crippen molar-refractivity contribution in [3.05, 3.63) is 29.3 Å². The average Bonchev–Trinajstić information content (AvgIpc) is 2.91. The van der Waals surface area contributed by atoms with E-state index in [1.54, 1.807) is 12.1 Å². The molecule has 0 radical (unpaired) electrons. The number of alkyl halides is 3. The number of nitrogens with zero attached hydrogens (tertiary/aromatic N) is 1. The Labute approximate surface area is 139 Å². The number of hydrogen-bond acceptors (Lipinski definition) is 3. The first kappa shape index (κ1) is 17.7. The third-order valence-electron chi connectivity index (χ3n) is 5.07. The van der Waals surface area contributed by atoms with Gasteiger partial charge in [0.1, 0.15) is 0 Å². The van der Waals surface area contributed by atoms with Gasteiger partial charge in [-0.05, 0) is 61.3 Å². The molecule has 0 heterocycles. The number of rotatable bonds is 4. The lowest BCUT2D eigenvalue weighted by Crippen LogP contribution is -2.57. The highest BCUT2D eigenvalue weighted by molar-refractivity contribution is 7.89. The van der Waals surface area contributed by atoms with Crippen molar-refractivity contribution in [2.24, 2.45) is 5.92 Å². The quantitative estimate of drug-likeness (QED) is 0.894. The van der Waals surface area contributed by atoms with E-state index in [-0.39, 0.29) is 11.4 Å². The summed E-state index contributed by atoms with van der Waals surface area (Å²) in [4.78, 5) is 0.177. The molecule has 3 rings (SSSR count). The van der Waals surface area contributed by atoms with Gasteiger partial charge in [-0.3, -0.25) is 0 Å². The van der Waals surface area contributed by atoms with E-state index in [1.165, 1.54) is 7.05 Å². The van der Waals surface area contributed by atoms with Gasteiger partial charge in [-0.2, -0.15) is 13.2 Å². The molecule has 0 aromatic heterocycles. The Bertz CT molecular complexity index is 739. The van der Waals surface area contributed by atoms with Gasteiger partial charge in [0.05, 0.1) is 4.90 Å². The monoisotopic (exact) mass is 363 g/mol. The van der Waals surface area contributed by atoms with Gasteiger partial charge in [-0.1, -0.05) is 6.07 Å². The summed E-state index contributed by atoms with van der Waals surface area (Å²) in [5, 5.41) is 9.46. The molecule has 134 valence electrons. The summed E-state index contributed by atoms with van der Waals surface area (Å²) in [6.07, 6.45) is -2.78. The van der Waals surface area contributed by atoms with Gasteiger partial charge in [0.15, 0.2) is 5.60 Å². The molecule has 1 fully saturated rings. The van der Waals surface area contributed by atoms with Crippen LogP contribution in [0.4, 0.5) is 13.2 Å². The summed E-state index contributed by atoms with van der Waals surface area (Å²) in [5.41, 5.74) is -0.485. The predicted octanol–water partition coefficient (Wildman–Crippen LogP) is 2.50. The molecule has 1 aromatic rings. The summed E-state index contributed by atoms with van der Waals surface area (Å²) < 4.78 is 64.2. The molecule has 24 heavy (non-hydrogen) atoms. The average molecular weight is 363 g/mol. The van der Waals surface area contributed by atoms with Crippen LogP contribution in [-0.2, 0) is 22.9 Å². The molecule has 2 aliphatic rings. The fraction of sp³-hybridized carbons (Fsp3) is 0.625. The van der Waals surface area contributed by atoms with Gasteiger partial charge in [0, 0.05) is 13.6 Å². The van der Waals surface area contributed by atoms with Gasteiger partial charge >= 0.3 is 6.18 Å². The van der Waals surface area contributed by atoms with Crippen molar-refractivity contribution in [3.63, 3.8) is 0 Å². The normalized spacial score (nSPS) is 27.2. The van der Waals surface area contributed by atoms with E-state index in [4.69, 9.17) is 0 Å². The minimum atomic E-state index is -4.67. The number of aliphatic hydroxyl groups is 1. The SMILES string of the molecule is CN(CC1CC(O)(C(F)(F)F)C1)S(=O)(=O)c1ccc2c(c1)CCC2. The molecule has 1 N–H and O–H groups in total. The second kappa shape index (κ2) is 5.71. The standard InChI is InChI=1S/C16H20F3NO3S/c1-20(10-11-8-15(21,9-11)16(17,18)19)24(22,23)14-6-5-12-3-2-4-13(12)7-14/h5-7,11,21H,2-4,8-10H2,1H3. The Morgan fingerprint density at radius 2 is 1.88 bits per heavy atom. The van der Waals surface area contributed by atoms with Crippen LogP contribution < -0.4 is 0 Å². The van der Waals surface area contributed by atoms with Crippen LogP contribution in [0.25, 0.3) is 0 Å². The van der Waals surface area contributed by atoms with Crippen molar-refractivity contribution in [1.29, 1.82) is 0 Å². The van der Waals surface area contributed by atoms with Crippen molar-refractivity contribution < 1.29 is 26.7 Å². The highest BCUT2D eigenvalue weighted by atomic mass is 32.2. The molecule has 0 atom stereocenters. The summed E-state index contributed by atoms with van der Waals surface area (Å²) in [6, 6.07) is 5.04. The number of aryl methyl sites for hydroxylation is 2. The van der Waals surface area contributed by atoms with Gasteiger partial charge in [-0.25, -0.2) is 12.7 Å². The van der Waals surface area contributed by atoms with Gasteiger partial charge in [0.2, 0.25) is 10.0 Å². The third-order valence-corrected chi connectivity index (χ3v) is 6.89. The topological polar surface area (TPSA) is 57.6 Å². The summed E-state index contributed by atoms with van der Waals surface area (Å²) in [6.45, 7) is -0.0300. The molecular weight excluding hydrogens is 343 g/mol. The summed E-state index contributed by atoms with van der Waals surface area (Å²) >= 11 is 0. The molecule has 0 unspecified atom stereocenters. The van der Waals surface area contributed by atoms with Gasteiger partial charge in [0.25, 0.3) is 0 Å². The van der Waals surface area contributed by atoms with Gasteiger partial charge < -0.3 is 5.11 Å². The van der Waals surface area contributed by atoms with Crippen molar-refractivity contribution in [3.8, 4) is 0 Å². The molecule has 0 amide bonds. The van der Waals surface area contributed by atoms with Crippen molar-refractivity contribution in [2.45, 2.75) is 48.8 Å². The maximum atomic E-state index is 12.6. The maximum Gasteiger partial charge on any atom is 0.417 e. The van der Waals surface area contributed by atoms with E-state index in [1.807, 2.05) is 6.07 Å². The van der Waals surface area contributed by atoms with Gasteiger partial charge in [-0.15, -0.1) is 0 Å². The van der Waals surface area contributed by atoms with Crippen LogP contribution in [0.15, 0.2) is 23.1 Å². The van der Waals surface area contributed by atoms with Crippen molar-refractivity contribution >= 4 is 10.0 Å². The molecule has 8 heteroatoms. The molecule has 0 saturated heterocycles. The Morgan fingerprint density at radius 1 is 1.25 bits per heavy atom. The fourth-order valence-corrected chi connectivity index (χ4v) is 4.90. The van der Waals surface area contributed by atoms with Crippen LogP contribution in [0.1, 0.15) is 30.4 Å². The van der Waals surface area contributed by atoms with Crippen molar-refractivity contribution in [2.75, 3.05) is 13.6 Å². The first-order valence-corrected chi connectivity index (χ1v) is 9.34. The first-order valence-electron chi connectivity index (χ1n) is 7.90. The molecule has 4 nitrogen and oxygen atoms in total. The van der Waals surface area contributed by atoms with Crippen LogP contribution in [-0.4, -0.2) is 43.2 Å². The molecule has 2 aliphatic carbocycles. The van der Waals surface area contributed by atoms with E-state index in [2.05, 4.69) is 0 Å². The Hall–Kier alpha value is -1.12. The van der Waals surface area contributed by atoms with Crippen LogP contribution in [0, 0.1) is 5.92 Å². The Morgan fingerprint density at radius 3 is 2.50 bits per heavy atom. The highest BCUT2D eigenvalue weighted by Crippen LogP contribution is 2.48. The lowest BCUT2D eigenvalue weighted by atomic mass is 9.70.